The van der Waals surface area contributed by atoms with Gasteiger partial charge in [-0.1, -0.05) is 18.2 Å². The number of thiazole rings is 1. The lowest BCUT2D eigenvalue weighted by atomic mass is 10.2. The highest BCUT2D eigenvalue weighted by Crippen LogP contribution is 2.17. The van der Waals surface area contributed by atoms with Crippen molar-refractivity contribution in [2.45, 2.75) is 19.9 Å². The van der Waals surface area contributed by atoms with Gasteiger partial charge >= 0.3 is 0 Å². The Morgan fingerprint density at radius 2 is 2.18 bits per heavy atom. The van der Waals surface area contributed by atoms with Gasteiger partial charge in [0.2, 0.25) is 0 Å². The first-order chi connectivity index (χ1) is 8.29. The molecule has 17 heavy (non-hydrogen) atoms. The molecule has 2 aromatic rings. The van der Waals surface area contributed by atoms with Crippen LogP contribution < -0.4 is 10.5 Å². The van der Waals surface area contributed by atoms with Gasteiger partial charge in [0.05, 0.1) is 17.3 Å². The number of nitrogens with zero attached hydrogens (tertiary/aromatic N) is 1. The number of aromatic nitrogens is 1. The normalized spacial score (nSPS) is 10.5. The van der Waals surface area contributed by atoms with E-state index >= 15 is 0 Å². The van der Waals surface area contributed by atoms with E-state index < -0.39 is 0 Å². The number of aryl methyl sites for hydroxylation is 1. The minimum absolute atomic E-state index is 0.509. The van der Waals surface area contributed by atoms with Crippen molar-refractivity contribution in [3.8, 4) is 5.75 Å². The van der Waals surface area contributed by atoms with Gasteiger partial charge in [0.15, 0.2) is 0 Å². The summed E-state index contributed by atoms with van der Waals surface area (Å²) >= 11 is 1.64. The average molecular weight is 248 g/mol. The molecule has 90 valence electrons. The Labute approximate surface area is 105 Å². The number of ether oxygens (including phenoxy) is 1. The molecule has 0 fully saturated rings. The summed E-state index contributed by atoms with van der Waals surface area (Å²) in [7, 11) is 0. The maximum absolute atomic E-state index is 5.72. The molecular weight excluding hydrogens is 232 g/mol. The first-order valence-electron chi connectivity index (χ1n) is 5.61. The van der Waals surface area contributed by atoms with Gasteiger partial charge in [0.25, 0.3) is 0 Å². The molecule has 0 aliphatic heterocycles. The predicted octanol–water partition coefficient (Wildman–Crippen LogP) is 2.53. The van der Waals surface area contributed by atoms with Crippen LogP contribution in [0, 0.1) is 6.92 Å². The van der Waals surface area contributed by atoms with Gasteiger partial charge in [-0.2, -0.15) is 0 Å². The number of benzene rings is 1. The fraction of sp³-hybridized carbons (Fsp3) is 0.308. The summed E-state index contributed by atoms with van der Waals surface area (Å²) in [6, 6.07) is 8.03. The van der Waals surface area contributed by atoms with Crippen LogP contribution in [-0.2, 0) is 13.0 Å². The second-order valence-electron chi connectivity index (χ2n) is 3.80. The van der Waals surface area contributed by atoms with Gasteiger partial charge in [-0.15, -0.1) is 11.3 Å². The lowest BCUT2D eigenvalue weighted by Crippen LogP contribution is -2.03. The summed E-state index contributed by atoms with van der Waals surface area (Å²) in [5.41, 5.74) is 7.64. The van der Waals surface area contributed by atoms with Crippen LogP contribution in [0.15, 0.2) is 29.6 Å². The molecule has 0 radical (unpaired) electrons. The SMILES string of the molecule is Cc1ccccc1OCCc1nc(CN)cs1. The van der Waals surface area contributed by atoms with Crippen LogP contribution >= 0.6 is 11.3 Å². The van der Waals surface area contributed by atoms with Crippen molar-refractivity contribution in [3.05, 3.63) is 45.9 Å². The van der Waals surface area contributed by atoms with Gasteiger partial charge < -0.3 is 10.5 Å². The molecule has 0 amide bonds. The van der Waals surface area contributed by atoms with Crippen molar-refractivity contribution in [1.82, 2.24) is 4.98 Å². The zero-order valence-electron chi connectivity index (χ0n) is 9.85. The van der Waals surface area contributed by atoms with E-state index in [9.17, 15) is 0 Å². The van der Waals surface area contributed by atoms with Crippen molar-refractivity contribution in [2.24, 2.45) is 5.73 Å². The first kappa shape index (κ1) is 12.1. The van der Waals surface area contributed by atoms with Gasteiger partial charge in [-0.05, 0) is 18.6 Å². The van der Waals surface area contributed by atoms with Crippen molar-refractivity contribution in [2.75, 3.05) is 6.61 Å². The summed E-state index contributed by atoms with van der Waals surface area (Å²) in [6.45, 7) is 3.21. The van der Waals surface area contributed by atoms with Gasteiger partial charge in [0, 0.05) is 18.3 Å². The second-order valence-corrected chi connectivity index (χ2v) is 4.74. The van der Waals surface area contributed by atoms with Crippen LogP contribution in [0.1, 0.15) is 16.3 Å². The largest absolute Gasteiger partial charge is 0.493 e. The smallest absolute Gasteiger partial charge is 0.122 e. The number of hydrogen-bond donors (Lipinski definition) is 1. The molecule has 0 saturated carbocycles. The third-order valence-electron chi connectivity index (χ3n) is 2.48. The van der Waals surface area contributed by atoms with E-state index in [-0.39, 0.29) is 0 Å². The predicted molar refractivity (Wildman–Crippen MR) is 70.4 cm³/mol. The highest BCUT2D eigenvalue weighted by Gasteiger charge is 2.02. The minimum atomic E-state index is 0.509. The van der Waals surface area contributed by atoms with Crippen molar-refractivity contribution in [1.29, 1.82) is 0 Å². The molecule has 4 heteroatoms. The van der Waals surface area contributed by atoms with Crippen LogP contribution in [0.2, 0.25) is 0 Å². The van der Waals surface area contributed by atoms with E-state index in [1.165, 1.54) is 0 Å². The molecular formula is C13H16N2OS. The maximum atomic E-state index is 5.72. The third-order valence-corrected chi connectivity index (χ3v) is 3.43. The number of nitrogens with two attached hydrogens (primary N) is 1. The summed E-state index contributed by atoms with van der Waals surface area (Å²) in [5, 5.41) is 3.09. The zero-order chi connectivity index (χ0) is 12.1. The quantitative estimate of drug-likeness (QED) is 0.884. The van der Waals surface area contributed by atoms with Crippen molar-refractivity contribution >= 4 is 11.3 Å². The van der Waals surface area contributed by atoms with Crippen LogP contribution in [-0.4, -0.2) is 11.6 Å². The standard InChI is InChI=1S/C13H16N2OS/c1-10-4-2-3-5-12(10)16-7-6-13-15-11(8-14)9-17-13/h2-5,9H,6-8,14H2,1H3. The Bertz CT molecular complexity index is 482. The number of rotatable bonds is 5. The zero-order valence-corrected chi connectivity index (χ0v) is 10.7. The highest BCUT2D eigenvalue weighted by molar-refractivity contribution is 7.09. The lowest BCUT2D eigenvalue weighted by Gasteiger charge is -2.07. The summed E-state index contributed by atoms with van der Waals surface area (Å²) in [5.74, 6) is 0.947. The maximum Gasteiger partial charge on any atom is 0.122 e. The van der Waals surface area contributed by atoms with Crippen molar-refractivity contribution in [3.63, 3.8) is 0 Å². The molecule has 0 aliphatic rings. The average Bonchev–Trinajstić information content (AvgIpc) is 2.80. The van der Waals surface area contributed by atoms with E-state index in [1.807, 2.05) is 36.6 Å². The molecule has 1 aromatic heterocycles. The van der Waals surface area contributed by atoms with E-state index in [1.54, 1.807) is 11.3 Å². The van der Waals surface area contributed by atoms with E-state index in [0.29, 0.717) is 13.2 Å². The molecule has 3 nitrogen and oxygen atoms in total. The second kappa shape index (κ2) is 5.80. The Balaban J connectivity index is 1.85. The molecule has 0 bridgehead atoms. The molecule has 2 N–H and O–H groups in total. The van der Waals surface area contributed by atoms with E-state index in [2.05, 4.69) is 4.98 Å². The molecule has 0 saturated heterocycles. The molecule has 1 aromatic carbocycles. The molecule has 1 heterocycles. The van der Waals surface area contributed by atoms with E-state index in [0.717, 1.165) is 28.4 Å². The van der Waals surface area contributed by atoms with E-state index in [4.69, 9.17) is 10.5 Å². The van der Waals surface area contributed by atoms with Crippen molar-refractivity contribution < 1.29 is 4.74 Å². The Kier molecular flexibility index (Phi) is 4.12. The monoisotopic (exact) mass is 248 g/mol. The molecule has 0 unspecified atom stereocenters. The number of hydrogen-bond acceptors (Lipinski definition) is 4. The molecule has 2 rings (SSSR count). The van der Waals surface area contributed by atoms with Gasteiger partial charge in [0.1, 0.15) is 5.75 Å². The molecule has 0 atom stereocenters. The van der Waals surface area contributed by atoms with Crippen LogP contribution in [0.4, 0.5) is 0 Å². The van der Waals surface area contributed by atoms with Crippen LogP contribution in [0.3, 0.4) is 0 Å². The summed E-state index contributed by atoms with van der Waals surface area (Å²) < 4.78 is 5.72. The molecule has 0 spiro atoms. The van der Waals surface area contributed by atoms with Crippen LogP contribution in [0.5, 0.6) is 5.75 Å². The Hall–Kier alpha value is -1.39. The third kappa shape index (κ3) is 3.28. The fourth-order valence-electron chi connectivity index (χ4n) is 1.52. The summed E-state index contributed by atoms with van der Waals surface area (Å²) in [4.78, 5) is 4.40. The first-order valence-corrected chi connectivity index (χ1v) is 6.49. The number of para-hydroxylation sites is 1. The van der Waals surface area contributed by atoms with Gasteiger partial charge in [-0.25, -0.2) is 4.98 Å². The van der Waals surface area contributed by atoms with Crippen LogP contribution in [0.25, 0.3) is 0 Å². The topological polar surface area (TPSA) is 48.1 Å². The fourth-order valence-corrected chi connectivity index (χ4v) is 2.32. The Morgan fingerprint density at radius 3 is 2.88 bits per heavy atom. The summed E-state index contributed by atoms with van der Waals surface area (Å²) in [6.07, 6.45) is 0.832. The molecule has 0 aliphatic carbocycles. The lowest BCUT2D eigenvalue weighted by molar-refractivity contribution is 0.319. The highest BCUT2D eigenvalue weighted by atomic mass is 32.1. The van der Waals surface area contributed by atoms with Gasteiger partial charge in [-0.3, -0.25) is 0 Å². The Morgan fingerprint density at radius 1 is 1.35 bits per heavy atom. The minimum Gasteiger partial charge on any atom is -0.493 e.